The molecule has 0 spiro atoms. The lowest BCUT2D eigenvalue weighted by Gasteiger charge is -2.24. The smallest absolute Gasteiger partial charge is 0.253 e. The molecule has 214 valence electrons. The van der Waals surface area contributed by atoms with E-state index in [0.717, 1.165) is 74.1 Å². The van der Waals surface area contributed by atoms with Gasteiger partial charge < -0.3 is 25.0 Å². The number of thiazole rings is 1. The Labute approximate surface area is 235 Å². The van der Waals surface area contributed by atoms with E-state index >= 15 is 0 Å². The lowest BCUT2D eigenvalue weighted by molar-refractivity contribution is 0.0953. The maximum absolute atomic E-state index is 13.2. The lowest BCUT2D eigenvalue weighted by Crippen LogP contribution is -2.34. The third-order valence-corrected chi connectivity index (χ3v) is 8.45. The van der Waals surface area contributed by atoms with Crippen molar-refractivity contribution in [2.75, 3.05) is 70.4 Å². The molecular formula is C29H42FN5O3S. The minimum Gasteiger partial charge on any atom is -0.383 e. The van der Waals surface area contributed by atoms with Crippen LogP contribution in [0.15, 0.2) is 29.7 Å². The number of amides is 1. The van der Waals surface area contributed by atoms with Crippen molar-refractivity contribution in [3.63, 3.8) is 0 Å². The molecule has 3 heterocycles. The topological polar surface area (TPSA) is 79.0 Å². The quantitative estimate of drug-likeness (QED) is 0.328. The molecule has 1 amide bonds. The van der Waals surface area contributed by atoms with Crippen molar-refractivity contribution < 1.29 is 18.7 Å². The fourth-order valence-electron chi connectivity index (χ4n) is 5.31. The number of aromatic nitrogens is 1. The molecule has 0 saturated carbocycles. The summed E-state index contributed by atoms with van der Waals surface area (Å²) >= 11 is 1.61. The van der Waals surface area contributed by atoms with E-state index in [1.54, 1.807) is 25.6 Å². The number of carbonyl (C=O) groups is 1. The van der Waals surface area contributed by atoms with Gasteiger partial charge in [-0.05, 0) is 63.3 Å². The number of benzene rings is 1. The highest BCUT2D eigenvalue weighted by Gasteiger charge is 2.26. The lowest BCUT2D eigenvalue weighted by atomic mass is 10.0. The van der Waals surface area contributed by atoms with Gasteiger partial charge in [0.15, 0.2) is 5.13 Å². The van der Waals surface area contributed by atoms with Gasteiger partial charge in [-0.3, -0.25) is 14.1 Å². The number of nitrogens with zero attached hydrogens (tertiary/aromatic N) is 3. The second-order valence-electron chi connectivity index (χ2n) is 10.2. The maximum atomic E-state index is 13.2. The van der Waals surface area contributed by atoms with Crippen molar-refractivity contribution in [3.8, 4) is 0 Å². The number of nitrogens with one attached hydrogen (secondary N) is 2. The monoisotopic (exact) mass is 559 g/mol. The Morgan fingerprint density at radius 3 is 2.90 bits per heavy atom. The van der Waals surface area contributed by atoms with Crippen LogP contribution in [0.1, 0.15) is 54.2 Å². The first-order valence-electron chi connectivity index (χ1n) is 13.9. The fourth-order valence-corrected chi connectivity index (χ4v) is 6.17. The van der Waals surface area contributed by atoms with Crippen LogP contribution in [0.2, 0.25) is 0 Å². The van der Waals surface area contributed by atoms with Crippen molar-refractivity contribution >= 4 is 33.8 Å². The third kappa shape index (κ3) is 7.78. The summed E-state index contributed by atoms with van der Waals surface area (Å²) < 4.78 is 23.6. The molecule has 10 heteroatoms. The SMILES string of the molecule is CC=C(Nc1ccc(CCN2CCC[C@H]2COC)cc1C(=O)NCCCF)c1csc(N2CC[C@H](OC)C2)n1. The van der Waals surface area contributed by atoms with Crippen LogP contribution < -0.4 is 15.5 Å². The van der Waals surface area contributed by atoms with Gasteiger partial charge in [0.1, 0.15) is 0 Å². The van der Waals surface area contributed by atoms with Gasteiger partial charge in [0, 0.05) is 51.8 Å². The Morgan fingerprint density at radius 1 is 1.28 bits per heavy atom. The highest BCUT2D eigenvalue weighted by atomic mass is 32.1. The number of ether oxygens (including phenoxy) is 2. The minimum absolute atomic E-state index is 0.205. The molecule has 1 aromatic carbocycles. The summed E-state index contributed by atoms with van der Waals surface area (Å²) in [7, 11) is 3.51. The molecule has 2 aromatic rings. The van der Waals surface area contributed by atoms with Crippen molar-refractivity contribution in [1.29, 1.82) is 0 Å². The number of hydrogen-bond acceptors (Lipinski definition) is 8. The first kappa shape index (κ1) is 29.5. The van der Waals surface area contributed by atoms with Gasteiger partial charge in [0.05, 0.1) is 42.0 Å². The number of allylic oxidation sites excluding steroid dienone is 1. The summed E-state index contributed by atoms with van der Waals surface area (Å²) in [5.41, 5.74) is 4.03. The highest BCUT2D eigenvalue weighted by Crippen LogP contribution is 2.30. The Hall–Kier alpha value is -2.53. The Bertz CT molecular complexity index is 1110. The van der Waals surface area contributed by atoms with Gasteiger partial charge in [0.2, 0.25) is 0 Å². The van der Waals surface area contributed by atoms with Crippen molar-refractivity contribution in [1.82, 2.24) is 15.2 Å². The number of carbonyl (C=O) groups excluding carboxylic acids is 1. The molecule has 0 radical (unpaired) electrons. The normalized spacial score (nSPS) is 20.1. The second kappa shape index (κ2) is 14.7. The van der Waals surface area contributed by atoms with Gasteiger partial charge in [-0.25, -0.2) is 4.98 Å². The maximum Gasteiger partial charge on any atom is 0.253 e. The van der Waals surface area contributed by atoms with E-state index in [4.69, 9.17) is 14.5 Å². The van der Waals surface area contributed by atoms with E-state index in [9.17, 15) is 9.18 Å². The molecule has 4 rings (SSSR count). The van der Waals surface area contributed by atoms with Gasteiger partial charge in [-0.1, -0.05) is 12.1 Å². The average molecular weight is 560 g/mol. The zero-order chi connectivity index (χ0) is 27.6. The molecule has 39 heavy (non-hydrogen) atoms. The van der Waals surface area contributed by atoms with E-state index in [1.165, 1.54) is 6.42 Å². The Kier molecular flexibility index (Phi) is 11.1. The van der Waals surface area contributed by atoms with Crippen LogP contribution in [0.5, 0.6) is 0 Å². The van der Waals surface area contributed by atoms with Crippen molar-refractivity contribution in [3.05, 3.63) is 46.5 Å². The largest absolute Gasteiger partial charge is 0.383 e. The number of rotatable bonds is 14. The van der Waals surface area contributed by atoms with E-state index in [1.807, 2.05) is 30.5 Å². The summed E-state index contributed by atoms with van der Waals surface area (Å²) in [6, 6.07) is 6.47. The molecule has 0 aliphatic carbocycles. The van der Waals surface area contributed by atoms with Gasteiger partial charge in [-0.15, -0.1) is 11.3 Å². The van der Waals surface area contributed by atoms with Gasteiger partial charge in [-0.2, -0.15) is 0 Å². The Morgan fingerprint density at radius 2 is 2.15 bits per heavy atom. The zero-order valence-electron chi connectivity index (χ0n) is 23.4. The molecule has 1 aromatic heterocycles. The van der Waals surface area contributed by atoms with Crippen LogP contribution in [-0.2, 0) is 15.9 Å². The molecule has 0 unspecified atom stereocenters. The van der Waals surface area contributed by atoms with Crippen LogP contribution in [0.25, 0.3) is 5.70 Å². The van der Waals surface area contributed by atoms with Crippen LogP contribution in [0, 0.1) is 0 Å². The van der Waals surface area contributed by atoms with E-state index in [0.29, 0.717) is 30.3 Å². The van der Waals surface area contributed by atoms with Gasteiger partial charge >= 0.3 is 0 Å². The second-order valence-corrected chi connectivity index (χ2v) is 11.0. The predicted molar refractivity (Wildman–Crippen MR) is 157 cm³/mol. The summed E-state index contributed by atoms with van der Waals surface area (Å²) in [4.78, 5) is 22.8. The summed E-state index contributed by atoms with van der Waals surface area (Å²) in [6.45, 7) is 6.32. The summed E-state index contributed by atoms with van der Waals surface area (Å²) in [5, 5.41) is 9.34. The first-order chi connectivity index (χ1) is 19.1. The molecule has 2 fully saturated rings. The fraction of sp³-hybridized carbons (Fsp3) is 0.586. The number of halogens is 1. The predicted octanol–water partition coefficient (Wildman–Crippen LogP) is 4.58. The number of hydrogen-bond donors (Lipinski definition) is 2. The molecule has 2 saturated heterocycles. The van der Waals surface area contributed by atoms with Crippen LogP contribution in [0.3, 0.4) is 0 Å². The number of alkyl halides is 1. The Balaban J connectivity index is 1.49. The first-order valence-corrected chi connectivity index (χ1v) is 14.8. The summed E-state index contributed by atoms with van der Waals surface area (Å²) in [6.07, 6.45) is 6.70. The van der Waals surface area contributed by atoms with Crippen LogP contribution >= 0.6 is 11.3 Å². The average Bonchev–Trinajstić information content (AvgIpc) is 3.72. The van der Waals surface area contributed by atoms with E-state index in [-0.39, 0.29) is 12.0 Å². The number of anilines is 2. The molecule has 8 nitrogen and oxygen atoms in total. The van der Waals surface area contributed by atoms with Crippen LogP contribution in [-0.4, -0.2) is 88.2 Å². The number of methoxy groups -OCH3 is 2. The van der Waals surface area contributed by atoms with Crippen molar-refractivity contribution in [2.24, 2.45) is 0 Å². The molecule has 0 bridgehead atoms. The van der Waals surface area contributed by atoms with Crippen molar-refractivity contribution in [2.45, 2.75) is 51.2 Å². The molecular weight excluding hydrogens is 517 g/mol. The number of likely N-dealkylation sites (tertiary alicyclic amines) is 1. The van der Waals surface area contributed by atoms with E-state index in [2.05, 4.69) is 26.5 Å². The van der Waals surface area contributed by atoms with Crippen LogP contribution in [0.4, 0.5) is 15.2 Å². The molecule has 2 aliphatic rings. The standard InChI is InChI=1S/C29H42FN5O3S/c1-4-25(27-20-39-29(33-27)35-16-11-23(18-35)38-3)32-26-9-8-21(17-24(26)28(36)31-13-6-12-30)10-15-34-14-5-7-22(34)19-37-2/h4,8-9,17,20,22-23,32H,5-7,10-16,18-19H2,1-3H3,(H,31,36)/t22-,23-/m0/s1. The minimum atomic E-state index is -0.457. The molecule has 2 N–H and O–H groups in total. The zero-order valence-corrected chi connectivity index (χ0v) is 24.2. The summed E-state index contributed by atoms with van der Waals surface area (Å²) in [5.74, 6) is -0.205. The highest BCUT2D eigenvalue weighted by molar-refractivity contribution is 7.13. The molecule has 2 atom stereocenters. The molecule has 2 aliphatic heterocycles. The van der Waals surface area contributed by atoms with E-state index < -0.39 is 6.67 Å². The third-order valence-electron chi connectivity index (χ3n) is 7.55. The van der Waals surface area contributed by atoms with Gasteiger partial charge in [0.25, 0.3) is 5.91 Å².